The summed E-state index contributed by atoms with van der Waals surface area (Å²) in [7, 11) is 0. The van der Waals surface area contributed by atoms with E-state index in [-0.39, 0.29) is 48.9 Å². The van der Waals surface area contributed by atoms with Crippen LogP contribution in [0.3, 0.4) is 0 Å². The van der Waals surface area contributed by atoms with Crippen molar-refractivity contribution in [1.82, 2.24) is 0 Å². The topological polar surface area (TPSA) is 132 Å². The van der Waals surface area contributed by atoms with Gasteiger partial charge in [0.25, 0.3) is 0 Å². The molecule has 0 radical (unpaired) electrons. The van der Waals surface area contributed by atoms with E-state index >= 15 is 0 Å². The molecule has 0 bridgehead atoms. The summed E-state index contributed by atoms with van der Waals surface area (Å²) in [6.07, 6.45) is -1.83. The SMILES string of the molecule is O=C(O)C(=O)O.O=C(O)O.[BaH2]. The molecule has 0 aromatic carbocycles. The second-order valence-corrected chi connectivity index (χ2v) is 0.893. The summed E-state index contributed by atoms with van der Waals surface area (Å²) in [5.74, 6) is -3.65. The fourth-order valence-corrected chi connectivity index (χ4v) is 0. The predicted molar refractivity (Wildman–Crippen MR) is 34.5 cm³/mol. The second kappa shape index (κ2) is 9.78. The van der Waals surface area contributed by atoms with Crippen molar-refractivity contribution in [2.75, 3.05) is 0 Å². The maximum atomic E-state index is 9.10. The molecule has 8 heteroatoms. The molecule has 11 heavy (non-hydrogen) atoms. The number of aliphatic carboxylic acids is 2. The van der Waals surface area contributed by atoms with Gasteiger partial charge in [0.2, 0.25) is 0 Å². The Bertz CT molecular complexity index is 136. The van der Waals surface area contributed by atoms with Crippen molar-refractivity contribution in [3.8, 4) is 0 Å². The van der Waals surface area contributed by atoms with Crippen molar-refractivity contribution >= 4 is 67.0 Å². The van der Waals surface area contributed by atoms with Gasteiger partial charge < -0.3 is 20.4 Å². The predicted octanol–water partition coefficient (Wildman–Crippen LogP) is -1.54. The van der Waals surface area contributed by atoms with E-state index < -0.39 is 18.1 Å². The van der Waals surface area contributed by atoms with Gasteiger partial charge >= 0.3 is 67.0 Å². The molecule has 0 atom stereocenters. The van der Waals surface area contributed by atoms with Crippen LogP contribution in [-0.2, 0) is 9.59 Å². The molecule has 0 aliphatic carbocycles. The minimum atomic E-state index is -1.83. The van der Waals surface area contributed by atoms with Gasteiger partial charge in [0.1, 0.15) is 0 Å². The third-order valence-electron chi connectivity index (χ3n) is 0.183. The summed E-state index contributed by atoms with van der Waals surface area (Å²) in [4.78, 5) is 26.8. The van der Waals surface area contributed by atoms with E-state index in [1.807, 2.05) is 0 Å². The summed E-state index contributed by atoms with van der Waals surface area (Å²) >= 11 is 0. The molecular formula is C3H6BaO7. The number of hydrogen-bond acceptors (Lipinski definition) is 3. The number of carbonyl (C=O) groups is 3. The van der Waals surface area contributed by atoms with Crippen LogP contribution in [0.2, 0.25) is 0 Å². The van der Waals surface area contributed by atoms with Crippen molar-refractivity contribution in [2.24, 2.45) is 0 Å². The molecule has 0 aliphatic rings. The minimum absolute atomic E-state index is 0. The molecule has 7 nitrogen and oxygen atoms in total. The van der Waals surface area contributed by atoms with Gasteiger partial charge in [0, 0.05) is 0 Å². The fraction of sp³-hybridized carbons (Fsp3) is 0. The molecule has 0 unspecified atom stereocenters. The molecule has 0 amide bonds. The molecule has 4 N–H and O–H groups in total. The Morgan fingerprint density at radius 1 is 0.727 bits per heavy atom. The Morgan fingerprint density at radius 2 is 0.818 bits per heavy atom. The van der Waals surface area contributed by atoms with Gasteiger partial charge in [-0.05, 0) is 0 Å². The van der Waals surface area contributed by atoms with E-state index in [0.29, 0.717) is 0 Å². The van der Waals surface area contributed by atoms with Gasteiger partial charge in [-0.1, -0.05) is 0 Å². The van der Waals surface area contributed by atoms with E-state index in [1.54, 1.807) is 0 Å². The first-order chi connectivity index (χ1) is 4.37. The van der Waals surface area contributed by atoms with Gasteiger partial charge in [-0.3, -0.25) is 0 Å². The van der Waals surface area contributed by atoms with E-state index in [1.165, 1.54) is 0 Å². The van der Waals surface area contributed by atoms with Crippen molar-refractivity contribution in [3.05, 3.63) is 0 Å². The van der Waals surface area contributed by atoms with Crippen LogP contribution in [0.25, 0.3) is 0 Å². The van der Waals surface area contributed by atoms with Gasteiger partial charge in [-0.15, -0.1) is 0 Å². The molecule has 0 rings (SSSR count). The van der Waals surface area contributed by atoms with Gasteiger partial charge in [0.05, 0.1) is 0 Å². The molecule has 0 saturated carbocycles. The maximum absolute atomic E-state index is 9.10. The first kappa shape index (κ1) is 17.0. The molecule has 0 aromatic heterocycles. The number of carboxylic acid groups (broad SMARTS) is 4. The van der Waals surface area contributed by atoms with Crippen LogP contribution < -0.4 is 0 Å². The quantitative estimate of drug-likeness (QED) is 0.314. The standard InChI is InChI=1S/C2H2O4.CH2O3.Ba.2H/c3-1(4)2(5)6;2-1(3)4;;;/h(H,3,4)(H,5,6);(H2,2,3,4);;;. The van der Waals surface area contributed by atoms with E-state index in [2.05, 4.69) is 0 Å². The Labute approximate surface area is 101 Å². The van der Waals surface area contributed by atoms with Crippen molar-refractivity contribution in [3.63, 3.8) is 0 Å². The summed E-state index contributed by atoms with van der Waals surface area (Å²) in [6.45, 7) is 0. The third-order valence-corrected chi connectivity index (χ3v) is 0.183. The van der Waals surface area contributed by atoms with Gasteiger partial charge in [0.15, 0.2) is 0 Å². The zero-order chi connectivity index (χ0) is 8.73. The molecule has 0 heterocycles. The number of hydrogen-bond donors (Lipinski definition) is 4. The zero-order valence-corrected chi connectivity index (χ0v) is 4.51. The Hall–Kier alpha value is -0.219. The fourth-order valence-electron chi connectivity index (χ4n) is 0. The third kappa shape index (κ3) is 41.4. The molecule has 62 valence electrons. The Morgan fingerprint density at radius 3 is 0.818 bits per heavy atom. The van der Waals surface area contributed by atoms with Crippen LogP contribution in [0.15, 0.2) is 0 Å². The van der Waals surface area contributed by atoms with Crippen molar-refractivity contribution in [1.29, 1.82) is 0 Å². The first-order valence-electron chi connectivity index (χ1n) is 1.76. The van der Waals surface area contributed by atoms with Gasteiger partial charge in [-0.25, -0.2) is 14.4 Å². The van der Waals surface area contributed by atoms with Crippen LogP contribution in [0, 0.1) is 0 Å². The van der Waals surface area contributed by atoms with E-state index in [9.17, 15) is 0 Å². The normalized spacial score (nSPS) is 6.18. The van der Waals surface area contributed by atoms with Crippen LogP contribution in [-0.4, -0.2) is 87.4 Å². The molecule has 0 aromatic rings. The number of carboxylic acids is 2. The molecule has 0 fully saturated rings. The molecule has 0 spiro atoms. The summed E-state index contributed by atoms with van der Waals surface area (Å²) in [6, 6.07) is 0. The Kier molecular flexibility index (Phi) is 15.1. The molecule has 0 aliphatic heterocycles. The summed E-state index contributed by atoms with van der Waals surface area (Å²) < 4.78 is 0. The van der Waals surface area contributed by atoms with Crippen LogP contribution >= 0.6 is 0 Å². The molecular weight excluding hydrogens is 285 g/mol. The first-order valence-corrected chi connectivity index (χ1v) is 1.76. The Balaban J connectivity index is -0.000000114. The second-order valence-electron chi connectivity index (χ2n) is 0.893. The average molecular weight is 291 g/mol. The van der Waals surface area contributed by atoms with Crippen molar-refractivity contribution < 1.29 is 34.8 Å². The van der Waals surface area contributed by atoms with E-state index in [0.717, 1.165) is 0 Å². The summed E-state index contributed by atoms with van der Waals surface area (Å²) in [5, 5.41) is 28.7. The van der Waals surface area contributed by atoms with Gasteiger partial charge in [-0.2, -0.15) is 0 Å². The summed E-state index contributed by atoms with van der Waals surface area (Å²) in [5.41, 5.74) is 0. The van der Waals surface area contributed by atoms with Crippen LogP contribution in [0.1, 0.15) is 0 Å². The van der Waals surface area contributed by atoms with Crippen molar-refractivity contribution in [2.45, 2.75) is 0 Å². The van der Waals surface area contributed by atoms with Crippen LogP contribution in [0.5, 0.6) is 0 Å². The monoisotopic (exact) mass is 292 g/mol. The number of rotatable bonds is 0. The average Bonchev–Trinajstić information content (AvgIpc) is 1.63. The molecule has 0 saturated heterocycles. The van der Waals surface area contributed by atoms with E-state index in [4.69, 9.17) is 34.8 Å². The zero-order valence-electron chi connectivity index (χ0n) is 4.51. The van der Waals surface area contributed by atoms with Crippen LogP contribution in [0.4, 0.5) is 4.79 Å².